The topological polar surface area (TPSA) is 104 Å². The fourth-order valence-corrected chi connectivity index (χ4v) is 2.11. The number of nitrogen functional groups attached to an aromatic ring is 1. The highest BCUT2D eigenvalue weighted by molar-refractivity contribution is 5.85. The lowest BCUT2D eigenvalue weighted by Gasteiger charge is -2.00. The van der Waals surface area contributed by atoms with Crippen LogP contribution in [0.5, 0.6) is 0 Å². The zero-order chi connectivity index (χ0) is 16.7. The molecule has 0 bridgehead atoms. The van der Waals surface area contributed by atoms with Gasteiger partial charge in [0, 0.05) is 29.1 Å². The van der Waals surface area contributed by atoms with Crippen LogP contribution in [0, 0.1) is 12.3 Å². The molecular weight excluding hydrogens is 288 g/mol. The minimum absolute atomic E-state index is 0.595. The van der Waals surface area contributed by atoms with Crippen LogP contribution in [0.2, 0.25) is 0 Å². The summed E-state index contributed by atoms with van der Waals surface area (Å²) < 4.78 is 0. The van der Waals surface area contributed by atoms with Crippen molar-refractivity contribution in [1.82, 2.24) is 20.2 Å². The summed E-state index contributed by atoms with van der Waals surface area (Å²) in [6.07, 6.45) is 10.1. The summed E-state index contributed by atoms with van der Waals surface area (Å²) in [5.74, 6) is 0. The summed E-state index contributed by atoms with van der Waals surface area (Å²) >= 11 is 0. The number of nitrogens with one attached hydrogen (secondary N) is 2. The van der Waals surface area contributed by atoms with Crippen molar-refractivity contribution >= 4 is 22.8 Å². The van der Waals surface area contributed by atoms with E-state index < -0.39 is 0 Å². The van der Waals surface area contributed by atoms with Gasteiger partial charge in [0.2, 0.25) is 0 Å². The van der Waals surface area contributed by atoms with Gasteiger partial charge in [-0.15, -0.1) is 0 Å². The fraction of sp³-hybridized carbons (Fsp3) is 0.294. The third-order valence-electron chi connectivity index (χ3n) is 3.55. The highest BCUT2D eigenvalue weighted by Gasteiger charge is 1.98. The molecule has 3 aromatic heterocycles. The number of unbranched alkanes of at least 4 members (excludes halogenated alkanes) is 1. The third-order valence-corrected chi connectivity index (χ3v) is 3.55. The minimum atomic E-state index is 0.595. The third kappa shape index (κ3) is 4.35. The quantitative estimate of drug-likeness (QED) is 0.643. The molecule has 0 fully saturated rings. The molecule has 0 amide bonds. The molecule has 0 saturated heterocycles. The summed E-state index contributed by atoms with van der Waals surface area (Å²) in [4.78, 5) is 8.30. The average molecular weight is 310 g/mol. The van der Waals surface area contributed by atoms with Gasteiger partial charge >= 0.3 is 0 Å². The highest BCUT2D eigenvalue weighted by Crippen LogP contribution is 2.12. The van der Waals surface area contributed by atoms with Crippen molar-refractivity contribution < 1.29 is 0 Å². The Morgan fingerprint density at radius 3 is 2.83 bits per heavy atom. The van der Waals surface area contributed by atoms with Crippen LogP contribution >= 0.6 is 0 Å². The molecule has 4 N–H and O–H groups in total. The van der Waals surface area contributed by atoms with E-state index in [0.717, 1.165) is 34.3 Å². The molecular formula is C17H22N6. The van der Waals surface area contributed by atoms with Gasteiger partial charge in [0.05, 0.1) is 29.3 Å². The second-order valence-corrected chi connectivity index (χ2v) is 5.28. The largest absolute Gasteiger partial charge is 0.397 e. The summed E-state index contributed by atoms with van der Waals surface area (Å²) in [6.45, 7) is 4.01. The SMILES string of the molecule is CCCCc1cc2cn[nH]c2cn1.Cc1nccc(C=N)c1N. The lowest BCUT2D eigenvalue weighted by molar-refractivity contribution is 0.778. The zero-order valence-corrected chi connectivity index (χ0v) is 13.5. The molecule has 3 heterocycles. The van der Waals surface area contributed by atoms with Crippen molar-refractivity contribution in [2.75, 3.05) is 5.73 Å². The van der Waals surface area contributed by atoms with Gasteiger partial charge in [-0.2, -0.15) is 5.10 Å². The number of hydrogen-bond acceptors (Lipinski definition) is 5. The Balaban J connectivity index is 0.000000174. The van der Waals surface area contributed by atoms with Crippen molar-refractivity contribution in [2.24, 2.45) is 0 Å². The van der Waals surface area contributed by atoms with Crippen LogP contribution in [0.4, 0.5) is 5.69 Å². The molecule has 3 aromatic rings. The van der Waals surface area contributed by atoms with Crippen molar-refractivity contribution in [3.8, 4) is 0 Å². The van der Waals surface area contributed by atoms with Gasteiger partial charge in [-0.1, -0.05) is 13.3 Å². The van der Waals surface area contributed by atoms with Crippen LogP contribution in [0.25, 0.3) is 10.9 Å². The first-order valence-corrected chi connectivity index (χ1v) is 7.65. The van der Waals surface area contributed by atoms with E-state index in [9.17, 15) is 0 Å². The number of nitrogens with zero attached hydrogens (tertiary/aromatic N) is 3. The Morgan fingerprint density at radius 1 is 1.30 bits per heavy atom. The van der Waals surface area contributed by atoms with Crippen LogP contribution in [0.1, 0.15) is 36.7 Å². The van der Waals surface area contributed by atoms with E-state index in [0.29, 0.717) is 5.69 Å². The molecule has 0 aromatic carbocycles. The van der Waals surface area contributed by atoms with Gasteiger partial charge < -0.3 is 11.1 Å². The lowest BCUT2D eigenvalue weighted by atomic mass is 10.1. The Kier molecular flexibility index (Phi) is 5.80. The molecule has 0 aliphatic carbocycles. The van der Waals surface area contributed by atoms with Crippen LogP contribution in [-0.2, 0) is 6.42 Å². The van der Waals surface area contributed by atoms with E-state index in [-0.39, 0.29) is 0 Å². The maximum atomic E-state index is 6.95. The van der Waals surface area contributed by atoms with Crippen LogP contribution in [0.15, 0.2) is 30.7 Å². The molecule has 6 nitrogen and oxygen atoms in total. The minimum Gasteiger partial charge on any atom is -0.397 e. The van der Waals surface area contributed by atoms with Gasteiger partial charge in [0.1, 0.15) is 0 Å². The second-order valence-electron chi connectivity index (χ2n) is 5.28. The standard InChI is InChI=1S/C10H13N3.C7H9N3/c1-2-3-4-9-5-8-6-12-13-10(8)7-11-9;1-5-7(9)6(4-8)2-3-10-5/h5-7H,2-4H2,1H3,(H,12,13);2-4,8H,9H2,1H3. The molecule has 6 heteroatoms. The van der Waals surface area contributed by atoms with Crippen molar-refractivity contribution in [1.29, 1.82) is 5.41 Å². The Morgan fingerprint density at radius 2 is 2.13 bits per heavy atom. The van der Waals surface area contributed by atoms with E-state index in [2.05, 4.69) is 33.2 Å². The van der Waals surface area contributed by atoms with Crippen molar-refractivity contribution in [3.05, 3.63) is 47.7 Å². The van der Waals surface area contributed by atoms with Crippen molar-refractivity contribution in [3.63, 3.8) is 0 Å². The zero-order valence-electron chi connectivity index (χ0n) is 13.5. The number of aromatic amines is 1. The molecule has 0 aliphatic rings. The maximum Gasteiger partial charge on any atom is 0.0833 e. The van der Waals surface area contributed by atoms with Gasteiger partial charge in [-0.3, -0.25) is 15.1 Å². The number of nitrogens with two attached hydrogens (primary N) is 1. The van der Waals surface area contributed by atoms with E-state index in [1.165, 1.54) is 19.1 Å². The summed E-state index contributed by atoms with van der Waals surface area (Å²) in [7, 11) is 0. The van der Waals surface area contributed by atoms with Gasteiger partial charge in [-0.05, 0) is 31.9 Å². The maximum absolute atomic E-state index is 6.95. The first kappa shape index (κ1) is 16.6. The van der Waals surface area contributed by atoms with E-state index in [4.69, 9.17) is 11.1 Å². The normalized spacial score (nSPS) is 10.2. The molecule has 23 heavy (non-hydrogen) atoms. The van der Waals surface area contributed by atoms with Gasteiger partial charge in [0.15, 0.2) is 0 Å². The van der Waals surface area contributed by atoms with Crippen LogP contribution in [-0.4, -0.2) is 26.4 Å². The molecule has 0 saturated carbocycles. The number of hydrogen-bond donors (Lipinski definition) is 3. The Labute approximate surface area is 135 Å². The van der Waals surface area contributed by atoms with E-state index >= 15 is 0 Å². The number of H-pyrrole nitrogens is 1. The monoisotopic (exact) mass is 310 g/mol. The number of anilines is 1. The Bertz CT molecular complexity index is 778. The number of pyridine rings is 2. The lowest BCUT2D eigenvalue weighted by Crippen LogP contribution is -1.97. The predicted octanol–water partition coefficient (Wildman–Crippen LogP) is 3.27. The van der Waals surface area contributed by atoms with E-state index in [1.807, 2.05) is 19.3 Å². The molecule has 0 spiro atoms. The Hall–Kier alpha value is -2.76. The second kappa shape index (κ2) is 8.03. The van der Waals surface area contributed by atoms with Gasteiger partial charge in [-0.25, -0.2) is 0 Å². The number of aryl methyl sites for hydroxylation is 2. The summed E-state index contributed by atoms with van der Waals surface area (Å²) in [5, 5.41) is 15.0. The number of rotatable bonds is 4. The molecule has 3 rings (SSSR count). The highest BCUT2D eigenvalue weighted by atomic mass is 15.1. The van der Waals surface area contributed by atoms with E-state index in [1.54, 1.807) is 12.3 Å². The van der Waals surface area contributed by atoms with Crippen molar-refractivity contribution in [2.45, 2.75) is 33.1 Å². The fourth-order valence-electron chi connectivity index (χ4n) is 2.11. The molecule has 120 valence electrons. The number of fused-ring (bicyclic) bond motifs is 1. The molecule has 0 unspecified atom stereocenters. The first-order chi connectivity index (χ1) is 11.2. The number of aromatic nitrogens is 4. The average Bonchev–Trinajstić information content (AvgIpc) is 3.04. The van der Waals surface area contributed by atoms with Crippen LogP contribution in [0.3, 0.4) is 0 Å². The van der Waals surface area contributed by atoms with Crippen LogP contribution < -0.4 is 5.73 Å². The molecule has 0 atom stereocenters. The van der Waals surface area contributed by atoms with Gasteiger partial charge in [0.25, 0.3) is 0 Å². The summed E-state index contributed by atoms with van der Waals surface area (Å²) in [5.41, 5.74) is 9.86. The first-order valence-electron chi connectivity index (χ1n) is 7.65. The molecule has 0 aliphatic heterocycles. The summed E-state index contributed by atoms with van der Waals surface area (Å²) in [6, 6.07) is 3.82. The predicted molar refractivity (Wildman–Crippen MR) is 93.8 cm³/mol. The smallest absolute Gasteiger partial charge is 0.0833 e. The molecule has 0 radical (unpaired) electrons.